The van der Waals surface area contributed by atoms with Crippen molar-refractivity contribution in [1.29, 1.82) is 0 Å². The van der Waals surface area contributed by atoms with Gasteiger partial charge in [0.25, 0.3) is 5.56 Å². The number of carbonyl (C=O) groups excluding carboxylic acids is 1. The van der Waals surface area contributed by atoms with Crippen molar-refractivity contribution >= 4 is 11.6 Å². The predicted octanol–water partition coefficient (Wildman–Crippen LogP) is 5.00. The monoisotopic (exact) mass is 420 g/mol. The molecule has 0 aliphatic rings. The molecular formula is C25H25FN2O3. The second-order valence-corrected chi connectivity index (χ2v) is 7.34. The summed E-state index contributed by atoms with van der Waals surface area (Å²) in [5.74, 6) is -0.232. The first-order valence-corrected chi connectivity index (χ1v) is 9.93. The summed E-state index contributed by atoms with van der Waals surface area (Å²) in [4.78, 5) is 25.9. The maximum atomic E-state index is 14.4. The van der Waals surface area contributed by atoms with Crippen LogP contribution in [0.5, 0.6) is 11.5 Å². The highest BCUT2D eigenvalue weighted by atomic mass is 19.1. The van der Waals surface area contributed by atoms with Gasteiger partial charge in [-0.15, -0.1) is 0 Å². The van der Waals surface area contributed by atoms with Crippen LogP contribution in [0.3, 0.4) is 0 Å². The van der Waals surface area contributed by atoms with Crippen LogP contribution in [0.4, 0.5) is 10.1 Å². The van der Waals surface area contributed by atoms with Gasteiger partial charge in [0.2, 0.25) is 5.91 Å². The summed E-state index contributed by atoms with van der Waals surface area (Å²) in [6.45, 7) is 7.24. The lowest BCUT2D eigenvalue weighted by Crippen LogP contribution is -2.23. The molecule has 0 radical (unpaired) electrons. The Morgan fingerprint density at radius 3 is 2.55 bits per heavy atom. The molecule has 0 bridgehead atoms. The maximum Gasteiger partial charge on any atom is 0.253 e. The van der Waals surface area contributed by atoms with E-state index in [1.165, 1.54) is 21.6 Å². The number of halogens is 1. The number of aryl methyl sites for hydroxylation is 3. The van der Waals surface area contributed by atoms with E-state index in [-0.39, 0.29) is 17.2 Å². The van der Waals surface area contributed by atoms with E-state index in [9.17, 15) is 14.0 Å². The van der Waals surface area contributed by atoms with Crippen LogP contribution in [0.15, 0.2) is 66.1 Å². The molecule has 0 aliphatic heterocycles. The van der Waals surface area contributed by atoms with Gasteiger partial charge < -0.3 is 14.2 Å². The fourth-order valence-corrected chi connectivity index (χ4v) is 3.29. The summed E-state index contributed by atoms with van der Waals surface area (Å²) >= 11 is 0. The molecule has 3 rings (SSSR count). The molecule has 1 heterocycles. The van der Waals surface area contributed by atoms with E-state index < -0.39 is 5.82 Å². The van der Waals surface area contributed by atoms with Gasteiger partial charge >= 0.3 is 0 Å². The number of rotatable bonds is 6. The van der Waals surface area contributed by atoms with E-state index in [0.29, 0.717) is 29.0 Å². The number of likely N-dealkylation sites (N-methyl/N-ethyl adjacent to an activating group) is 1. The topological polar surface area (TPSA) is 51.5 Å². The van der Waals surface area contributed by atoms with Crippen LogP contribution in [0.25, 0.3) is 11.1 Å². The van der Waals surface area contributed by atoms with Gasteiger partial charge in [-0.2, -0.15) is 0 Å². The lowest BCUT2D eigenvalue weighted by atomic mass is 10.0. The van der Waals surface area contributed by atoms with Crippen molar-refractivity contribution in [3.05, 3.63) is 88.6 Å². The van der Waals surface area contributed by atoms with Gasteiger partial charge in [-0.05, 0) is 61.4 Å². The minimum absolute atomic E-state index is 0.0756. The Bertz CT molecular complexity index is 1210. The second-order valence-electron chi connectivity index (χ2n) is 7.34. The highest BCUT2D eigenvalue weighted by molar-refractivity contribution is 6.01. The van der Waals surface area contributed by atoms with E-state index in [1.807, 2.05) is 6.92 Å². The number of ether oxygens (including phenoxy) is 1. The van der Waals surface area contributed by atoms with Gasteiger partial charge in [0, 0.05) is 42.7 Å². The summed E-state index contributed by atoms with van der Waals surface area (Å²) in [6, 6.07) is 11.7. The molecule has 1 aromatic heterocycles. The molecule has 0 N–H and O–H groups in total. The molecule has 0 aliphatic carbocycles. The van der Waals surface area contributed by atoms with Crippen molar-refractivity contribution in [2.75, 3.05) is 11.9 Å². The largest absolute Gasteiger partial charge is 0.454 e. The van der Waals surface area contributed by atoms with Crippen molar-refractivity contribution in [2.45, 2.75) is 20.3 Å². The third-order valence-electron chi connectivity index (χ3n) is 5.11. The van der Waals surface area contributed by atoms with Gasteiger partial charge in [0.05, 0.1) is 0 Å². The van der Waals surface area contributed by atoms with E-state index in [4.69, 9.17) is 4.74 Å². The summed E-state index contributed by atoms with van der Waals surface area (Å²) in [5, 5.41) is 0. The quantitative estimate of drug-likeness (QED) is 0.527. The van der Waals surface area contributed by atoms with Crippen LogP contribution in [-0.4, -0.2) is 17.5 Å². The minimum atomic E-state index is -0.469. The van der Waals surface area contributed by atoms with Crippen LogP contribution >= 0.6 is 0 Å². The lowest BCUT2D eigenvalue weighted by Gasteiger charge is -2.19. The normalized spacial score (nSPS) is 10.6. The Balaban J connectivity index is 2.19. The Kier molecular flexibility index (Phi) is 6.39. The Morgan fingerprint density at radius 2 is 1.90 bits per heavy atom. The number of pyridine rings is 1. The number of nitrogens with zero attached hydrogens (tertiary/aromatic N) is 2. The SMILES string of the molecule is C=CC(=O)N(C)c1ccc(Oc2ccc(C)cc2F)c(-c2cc(CC)c(=O)n(C)c2)c1. The standard InChI is InChI=1S/C25H25FN2O3/c1-6-17-13-18(15-27(4)25(17)30)20-14-19(28(5)24(29)7-2)9-11-22(20)31-23-10-8-16(3)12-21(23)26/h7-15H,2,6H2,1,3-5H3. The molecule has 5 nitrogen and oxygen atoms in total. The van der Waals surface area contributed by atoms with Crippen molar-refractivity contribution in [3.8, 4) is 22.6 Å². The molecule has 31 heavy (non-hydrogen) atoms. The Hall–Kier alpha value is -3.67. The third kappa shape index (κ3) is 4.58. The number of anilines is 1. The Labute approximate surface area is 181 Å². The predicted molar refractivity (Wildman–Crippen MR) is 121 cm³/mol. The number of hydrogen-bond donors (Lipinski definition) is 0. The highest BCUT2D eigenvalue weighted by Gasteiger charge is 2.16. The zero-order valence-corrected chi connectivity index (χ0v) is 18.1. The van der Waals surface area contributed by atoms with Gasteiger partial charge in [-0.1, -0.05) is 19.6 Å². The summed E-state index contributed by atoms with van der Waals surface area (Å²) < 4.78 is 21.9. The van der Waals surface area contributed by atoms with Crippen molar-refractivity contribution in [3.63, 3.8) is 0 Å². The molecule has 2 aromatic carbocycles. The molecule has 0 fully saturated rings. The average Bonchev–Trinajstić information content (AvgIpc) is 2.76. The fourth-order valence-electron chi connectivity index (χ4n) is 3.29. The molecule has 1 amide bonds. The molecule has 0 unspecified atom stereocenters. The molecule has 0 saturated heterocycles. The summed E-state index contributed by atoms with van der Waals surface area (Å²) in [5.41, 5.74) is 3.33. The zero-order chi connectivity index (χ0) is 22.7. The van der Waals surface area contributed by atoms with Crippen LogP contribution in [0, 0.1) is 12.7 Å². The third-order valence-corrected chi connectivity index (χ3v) is 5.11. The molecule has 3 aromatic rings. The molecule has 6 heteroatoms. The number of amides is 1. The van der Waals surface area contributed by atoms with Crippen molar-refractivity contribution < 1.29 is 13.9 Å². The first-order chi connectivity index (χ1) is 14.7. The number of carbonyl (C=O) groups is 1. The van der Waals surface area contributed by atoms with Crippen LogP contribution in [-0.2, 0) is 18.3 Å². The lowest BCUT2D eigenvalue weighted by molar-refractivity contribution is -0.113. The summed E-state index contributed by atoms with van der Waals surface area (Å²) in [7, 11) is 3.32. The molecule has 0 atom stereocenters. The fraction of sp³-hybridized carbons (Fsp3) is 0.200. The zero-order valence-electron chi connectivity index (χ0n) is 18.1. The second kappa shape index (κ2) is 9.00. The highest BCUT2D eigenvalue weighted by Crippen LogP contribution is 2.37. The average molecular weight is 420 g/mol. The van der Waals surface area contributed by atoms with E-state index in [2.05, 4.69) is 6.58 Å². The van der Waals surface area contributed by atoms with Gasteiger partial charge in [-0.25, -0.2) is 4.39 Å². The van der Waals surface area contributed by atoms with Gasteiger partial charge in [0.1, 0.15) is 5.75 Å². The Morgan fingerprint density at radius 1 is 1.19 bits per heavy atom. The number of benzene rings is 2. The number of hydrogen-bond acceptors (Lipinski definition) is 3. The van der Waals surface area contributed by atoms with Crippen LogP contribution in [0.2, 0.25) is 0 Å². The molecule has 0 spiro atoms. The van der Waals surface area contributed by atoms with E-state index in [0.717, 1.165) is 11.1 Å². The molecule has 0 saturated carbocycles. The first-order valence-electron chi connectivity index (χ1n) is 9.93. The molecular weight excluding hydrogens is 395 g/mol. The van der Waals surface area contributed by atoms with Crippen LogP contribution in [0.1, 0.15) is 18.1 Å². The first kappa shape index (κ1) is 22.0. The van der Waals surface area contributed by atoms with E-state index >= 15 is 0 Å². The molecule has 160 valence electrons. The van der Waals surface area contributed by atoms with Crippen molar-refractivity contribution in [1.82, 2.24) is 4.57 Å². The maximum absolute atomic E-state index is 14.4. The summed E-state index contributed by atoms with van der Waals surface area (Å²) in [6.07, 6.45) is 3.50. The van der Waals surface area contributed by atoms with Gasteiger partial charge in [-0.3, -0.25) is 9.59 Å². The van der Waals surface area contributed by atoms with Gasteiger partial charge in [0.15, 0.2) is 11.6 Å². The van der Waals surface area contributed by atoms with E-state index in [1.54, 1.807) is 63.6 Å². The smallest absolute Gasteiger partial charge is 0.253 e. The van der Waals surface area contributed by atoms with Crippen LogP contribution < -0.4 is 15.2 Å². The van der Waals surface area contributed by atoms with Crippen molar-refractivity contribution in [2.24, 2.45) is 7.05 Å². The minimum Gasteiger partial charge on any atom is -0.454 e. The number of aromatic nitrogens is 1.